The molecule has 2 heterocycles. The fourth-order valence-corrected chi connectivity index (χ4v) is 1.73. The van der Waals surface area contributed by atoms with E-state index < -0.39 is 0 Å². The van der Waals surface area contributed by atoms with E-state index in [9.17, 15) is 0 Å². The Morgan fingerprint density at radius 2 is 2.00 bits per heavy atom. The minimum absolute atomic E-state index is 0.282. The highest BCUT2D eigenvalue weighted by Gasteiger charge is 2.11. The summed E-state index contributed by atoms with van der Waals surface area (Å²) in [6, 6.07) is 0. The van der Waals surface area contributed by atoms with Gasteiger partial charge in [-0.25, -0.2) is 10.8 Å². The molecule has 10 heteroatoms. The van der Waals surface area contributed by atoms with Crippen LogP contribution in [-0.2, 0) is 0 Å². The molecule has 0 radical (unpaired) electrons. The summed E-state index contributed by atoms with van der Waals surface area (Å²) in [6.07, 6.45) is 3.94. The molecule has 0 saturated carbocycles. The van der Waals surface area contributed by atoms with Gasteiger partial charge in [0.1, 0.15) is 12.7 Å². The van der Waals surface area contributed by atoms with E-state index in [1.165, 1.54) is 17.3 Å². The lowest BCUT2D eigenvalue weighted by Crippen LogP contribution is -2.26. The molecule has 2 aromatic heterocycles. The summed E-state index contributed by atoms with van der Waals surface area (Å²) in [5.41, 5.74) is 2.44. The molecule has 0 aliphatic rings. The Bertz CT molecular complexity index is 552. The Balaban J connectivity index is 2.16. The van der Waals surface area contributed by atoms with Gasteiger partial charge in [-0.2, -0.15) is 24.7 Å². The van der Waals surface area contributed by atoms with Crippen LogP contribution in [0, 0.1) is 0 Å². The predicted molar refractivity (Wildman–Crippen MR) is 79.0 cm³/mol. The Morgan fingerprint density at radius 1 is 1.19 bits per heavy atom. The third-order valence-corrected chi connectivity index (χ3v) is 2.80. The molecule has 0 aliphatic heterocycles. The highest BCUT2D eigenvalue weighted by molar-refractivity contribution is 5.38. The van der Waals surface area contributed by atoms with Gasteiger partial charge in [-0.05, 0) is 27.1 Å². The maximum atomic E-state index is 5.41. The Hall–Kier alpha value is -2.33. The molecule has 0 unspecified atom stereocenters. The highest BCUT2D eigenvalue weighted by atomic mass is 15.4. The SMILES string of the molecule is CN(C)CCCN(C)c1nc(NN)nc(-n2cncn2)n1. The van der Waals surface area contributed by atoms with E-state index in [2.05, 4.69) is 35.4 Å². The van der Waals surface area contributed by atoms with Crippen LogP contribution in [0.25, 0.3) is 5.95 Å². The first-order valence-electron chi connectivity index (χ1n) is 6.53. The van der Waals surface area contributed by atoms with Gasteiger partial charge in [0, 0.05) is 13.6 Å². The molecule has 0 spiro atoms. The molecule has 0 aromatic carbocycles. The summed E-state index contributed by atoms with van der Waals surface area (Å²) in [5, 5.41) is 4.01. The van der Waals surface area contributed by atoms with Crippen LogP contribution in [0.1, 0.15) is 6.42 Å². The summed E-state index contributed by atoms with van der Waals surface area (Å²) in [7, 11) is 6.01. The third-order valence-electron chi connectivity index (χ3n) is 2.80. The van der Waals surface area contributed by atoms with Gasteiger partial charge >= 0.3 is 0 Å². The van der Waals surface area contributed by atoms with Gasteiger partial charge in [0.2, 0.25) is 11.9 Å². The number of anilines is 2. The zero-order chi connectivity index (χ0) is 15.2. The lowest BCUT2D eigenvalue weighted by atomic mass is 10.4. The quantitative estimate of drug-likeness (QED) is 0.496. The van der Waals surface area contributed by atoms with Crippen LogP contribution in [-0.4, -0.2) is 68.8 Å². The van der Waals surface area contributed by atoms with Crippen molar-refractivity contribution >= 4 is 11.9 Å². The number of nitrogen functional groups attached to an aromatic ring is 1. The van der Waals surface area contributed by atoms with Gasteiger partial charge in [0.25, 0.3) is 5.95 Å². The van der Waals surface area contributed by atoms with Crippen LogP contribution in [0.3, 0.4) is 0 Å². The molecule has 0 saturated heterocycles. The maximum absolute atomic E-state index is 5.41. The molecule has 2 aromatic rings. The summed E-state index contributed by atoms with van der Waals surface area (Å²) in [4.78, 5) is 20.7. The lowest BCUT2D eigenvalue weighted by molar-refractivity contribution is 0.401. The van der Waals surface area contributed by atoms with Crippen molar-refractivity contribution in [2.45, 2.75) is 6.42 Å². The first-order chi connectivity index (χ1) is 10.1. The van der Waals surface area contributed by atoms with E-state index in [0.717, 1.165) is 19.5 Å². The monoisotopic (exact) mass is 292 g/mol. The number of hydrogen-bond acceptors (Lipinski definition) is 9. The van der Waals surface area contributed by atoms with Gasteiger partial charge in [-0.15, -0.1) is 0 Å². The van der Waals surface area contributed by atoms with Crippen LogP contribution in [0.15, 0.2) is 12.7 Å². The van der Waals surface area contributed by atoms with Crippen molar-refractivity contribution in [1.29, 1.82) is 0 Å². The molecule has 0 fully saturated rings. The average molecular weight is 292 g/mol. The van der Waals surface area contributed by atoms with E-state index in [1.807, 2.05) is 26.0 Å². The number of rotatable bonds is 7. The van der Waals surface area contributed by atoms with E-state index >= 15 is 0 Å². The van der Waals surface area contributed by atoms with Crippen molar-refractivity contribution in [2.24, 2.45) is 5.84 Å². The molecule has 0 amide bonds. The van der Waals surface area contributed by atoms with Crippen molar-refractivity contribution < 1.29 is 0 Å². The Labute approximate surface area is 123 Å². The molecule has 3 N–H and O–H groups in total. The second kappa shape index (κ2) is 6.90. The zero-order valence-electron chi connectivity index (χ0n) is 12.4. The molecule has 10 nitrogen and oxygen atoms in total. The highest BCUT2D eigenvalue weighted by Crippen LogP contribution is 2.11. The third kappa shape index (κ3) is 4.07. The summed E-state index contributed by atoms with van der Waals surface area (Å²) in [5.74, 6) is 6.59. The zero-order valence-corrected chi connectivity index (χ0v) is 12.4. The molecule has 0 bridgehead atoms. The molecule has 0 aliphatic carbocycles. The minimum atomic E-state index is 0.282. The molecule has 21 heavy (non-hydrogen) atoms. The number of nitrogens with one attached hydrogen (secondary N) is 1. The summed E-state index contributed by atoms with van der Waals surface area (Å²) in [6.45, 7) is 1.82. The largest absolute Gasteiger partial charge is 0.344 e. The smallest absolute Gasteiger partial charge is 0.258 e. The molecular weight excluding hydrogens is 272 g/mol. The van der Waals surface area contributed by atoms with Crippen molar-refractivity contribution in [3.63, 3.8) is 0 Å². The first-order valence-corrected chi connectivity index (χ1v) is 6.53. The van der Waals surface area contributed by atoms with Crippen molar-refractivity contribution in [3.05, 3.63) is 12.7 Å². The molecule has 2 rings (SSSR count). The van der Waals surface area contributed by atoms with E-state index in [-0.39, 0.29) is 5.95 Å². The number of aromatic nitrogens is 6. The van der Waals surface area contributed by atoms with Gasteiger partial charge in [0.05, 0.1) is 0 Å². The molecular formula is C11H20N10. The van der Waals surface area contributed by atoms with Crippen LogP contribution in [0.5, 0.6) is 0 Å². The standard InChI is InChI=1S/C11H20N10/c1-19(2)5-4-6-20(3)10-15-9(18-12)16-11(17-10)21-8-13-7-14-21/h7-8H,4-6,12H2,1-3H3,(H,15,16,17,18). The van der Waals surface area contributed by atoms with E-state index in [0.29, 0.717) is 11.9 Å². The Kier molecular flexibility index (Phi) is 4.95. The Morgan fingerprint density at radius 3 is 2.62 bits per heavy atom. The van der Waals surface area contributed by atoms with Crippen LogP contribution >= 0.6 is 0 Å². The van der Waals surface area contributed by atoms with Crippen molar-refractivity contribution in [2.75, 3.05) is 44.6 Å². The van der Waals surface area contributed by atoms with E-state index in [4.69, 9.17) is 5.84 Å². The van der Waals surface area contributed by atoms with Crippen LogP contribution in [0.2, 0.25) is 0 Å². The topological polar surface area (TPSA) is 114 Å². The van der Waals surface area contributed by atoms with Crippen LogP contribution in [0.4, 0.5) is 11.9 Å². The molecule has 114 valence electrons. The summed E-state index contributed by atoms with van der Waals surface area (Å²) >= 11 is 0. The lowest BCUT2D eigenvalue weighted by Gasteiger charge is -2.19. The van der Waals surface area contributed by atoms with Gasteiger partial charge in [0.15, 0.2) is 0 Å². The minimum Gasteiger partial charge on any atom is -0.344 e. The number of hydrogen-bond donors (Lipinski definition) is 2. The first kappa shape index (κ1) is 15.1. The second-order valence-corrected chi connectivity index (χ2v) is 4.82. The fraction of sp³-hybridized carbons (Fsp3) is 0.545. The maximum Gasteiger partial charge on any atom is 0.258 e. The number of hydrazine groups is 1. The van der Waals surface area contributed by atoms with Gasteiger partial charge in [-0.1, -0.05) is 0 Å². The van der Waals surface area contributed by atoms with Crippen molar-refractivity contribution in [3.8, 4) is 5.95 Å². The normalized spacial score (nSPS) is 10.9. The predicted octanol–water partition coefficient (Wildman–Crippen LogP) is -0.874. The summed E-state index contributed by atoms with van der Waals surface area (Å²) < 4.78 is 1.46. The van der Waals surface area contributed by atoms with Crippen LogP contribution < -0.4 is 16.2 Å². The number of nitrogens with zero attached hydrogens (tertiary/aromatic N) is 8. The second-order valence-electron chi connectivity index (χ2n) is 4.82. The van der Waals surface area contributed by atoms with Gasteiger partial charge < -0.3 is 9.80 Å². The average Bonchev–Trinajstić information content (AvgIpc) is 3.00. The van der Waals surface area contributed by atoms with Gasteiger partial charge in [-0.3, -0.25) is 5.43 Å². The molecule has 0 atom stereocenters. The number of nitrogens with two attached hydrogens (primary N) is 1. The van der Waals surface area contributed by atoms with Crippen molar-refractivity contribution in [1.82, 2.24) is 34.6 Å². The van der Waals surface area contributed by atoms with E-state index in [1.54, 1.807) is 0 Å². The fourth-order valence-electron chi connectivity index (χ4n) is 1.73.